The first-order valence-electron chi connectivity index (χ1n) is 6.08. The molecule has 0 atom stereocenters. The number of hydrogen-bond donors (Lipinski definition) is 0. The standard InChI is InChI=1S/C14H19ClO4/c1-17-7-8-19-6-5-13(16)10-11-9-12(15)3-4-14(11)18-2/h3-4,9H,5-8,10H2,1-2H3. The molecule has 5 heteroatoms. The Bertz CT molecular complexity index is 406. The van der Waals surface area contributed by atoms with Crippen LogP contribution in [0.4, 0.5) is 0 Å². The van der Waals surface area contributed by atoms with Gasteiger partial charge in [-0.3, -0.25) is 4.79 Å². The van der Waals surface area contributed by atoms with Crippen LogP contribution < -0.4 is 4.74 Å². The normalized spacial score (nSPS) is 10.5. The zero-order valence-corrected chi connectivity index (χ0v) is 12.0. The predicted molar refractivity (Wildman–Crippen MR) is 74.0 cm³/mol. The Balaban J connectivity index is 2.41. The van der Waals surface area contributed by atoms with Crippen molar-refractivity contribution in [3.05, 3.63) is 28.8 Å². The lowest BCUT2D eigenvalue weighted by Crippen LogP contribution is -2.10. The minimum absolute atomic E-state index is 0.0954. The Morgan fingerprint density at radius 1 is 1.21 bits per heavy atom. The third-order valence-electron chi connectivity index (χ3n) is 2.59. The maximum absolute atomic E-state index is 11.8. The van der Waals surface area contributed by atoms with Crippen LogP contribution in [-0.2, 0) is 20.7 Å². The van der Waals surface area contributed by atoms with Gasteiger partial charge in [-0.15, -0.1) is 0 Å². The summed E-state index contributed by atoms with van der Waals surface area (Å²) in [4.78, 5) is 11.8. The Morgan fingerprint density at radius 3 is 2.68 bits per heavy atom. The van der Waals surface area contributed by atoms with Gasteiger partial charge in [0.2, 0.25) is 0 Å². The van der Waals surface area contributed by atoms with Gasteiger partial charge in [-0.1, -0.05) is 11.6 Å². The predicted octanol–water partition coefficient (Wildman–Crippen LogP) is 2.51. The number of ether oxygens (including phenoxy) is 3. The van der Waals surface area contributed by atoms with Crippen molar-refractivity contribution in [3.8, 4) is 5.75 Å². The van der Waals surface area contributed by atoms with Crippen molar-refractivity contribution in [2.75, 3.05) is 34.0 Å². The summed E-state index contributed by atoms with van der Waals surface area (Å²) in [6.45, 7) is 1.45. The molecule has 0 aliphatic heterocycles. The van der Waals surface area contributed by atoms with Crippen LogP contribution in [-0.4, -0.2) is 39.8 Å². The summed E-state index contributed by atoms with van der Waals surface area (Å²) >= 11 is 5.91. The molecule has 0 amide bonds. The zero-order valence-electron chi connectivity index (χ0n) is 11.3. The molecular weight excluding hydrogens is 268 g/mol. The van der Waals surface area contributed by atoms with E-state index in [1.807, 2.05) is 0 Å². The molecule has 0 saturated heterocycles. The lowest BCUT2D eigenvalue weighted by atomic mass is 10.1. The first kappa shape index (κ1) is 16.0. The van der Waals surface area contributed by atoms with Crippen LogP contribution >= 0.6 is 11.6 Å². The minimum atomic E-state index is 0.0954. The number of Topliss-reactive ketones (excluding diaryl/α,β-unsaturated/α-hetero) is 1. The van der Waals surface area contributed by atoms with Gasteiger partial charge in [0.25, 0.3) is 0 Å². The number of ketones is 1. The highest BCUT2D eigenvalue weighted by molar-refractivity contribution is 6.30. The highest BCUT2D eigenvalue weighted by atomic mass is 35.5. The first-order chi connectivity index (χ1) is 9.17. The van der Waals surface area contributed by atoms with Gasteiger partial charge in [-0.25, -0.2) is 0 Å². The molecular formula is C14H19ClO4. The van der Waals surface area contributed by atoms with E-state index in [0.29, 0.717) is 43.4 Å². The maximum Gasteiger partial charge on any atom is 0.139 e. The van der Waals surface area contributed by atoms with Crippen LogP contribution in [0, 0.1) is 0 Å². The highest BCUT2D eigenvalue weighted by Crippen LogP contribution is 2.23. The van der Waals surface area contributed by atoms with Crippen molar-refractivity contribution in [1.82, 2.24) is 0 Å². The van der Waals surface area contributed by atoms with Crippen molar-refractivity contribution in [2.24, 2.45) is 0 Å². The van der Waals surface area contributed by atoms with Crippen molar-refractivity contribution < 1.29 is 19.0 Å². The molecule has 0 radical (unpaired) electrons. The molecule has 0 unspecified atom stereocenters. The molecule has 0 N–H and O–H groups in total. The van der Waals surface area contributed by atoms with E-state index in [1.165, 1.54) is 0 Å². The number of hydrogen-bond acceptors (Lipinski definition) is 4. The van der Waals surface area contributed by atoms with Gasteiger partial charge in [0.05, 0.1) is 26.9 Å². The quantitative estimate of drug-likeness (QED) is 0.654. The van der Waals surface area contributed by atoms with Gasteiger partial charge in [0.1, 0.15) is 11.5 Å². The third-order valence-corrected chi connectivity index (χ3v) is 2.82. The molecule has 4 nitrogen and oxygen atoms in total. The van der Waals surface area contributed by atoms with Gasteiger partial charge in [0, 0.05) is 30.5 Å². The molecule has 0 fully saturated rings. The van der Waals surface area contributed by atoms with E-state index in [2.05, 4.69) is 0 Å². The Morgan fingerprint density at radius 2 is 2.00 bits per heavy atom. The second kappa shape index (κ2) is 8.91. The maximum atomic E-state index is 11.8. The van der Waals surface area contributed by atoms with E-state index in [-0.39, 0.29) is 5.78 Å². The summed E-state index contributed by atoms with van der Waals surface area (Å²) in [5.41, 5.74) is 0.803. The Kier molecular flexibility index (Phi) is 7.48. The van der Waals surface area contributed by atoms with Gasteiger partial charge in [-0.05, 0) is 18.2 Å². The van der Waals surface area contributed by atoms with Crippen LogP contribution in [0.25, 0.3) is 0 Å². The van der Waals surface area contributed by atoms with E-state index < -0.39 is 0 Å². The SMILES string of the molecule is COCCOCCC(=O)Cc1cc(Cl)ccc1OC. The molecule has 0 spiro atoms. The van der Waals surface area contributed by atoms with E-state index in [1.54, 1.807) is 32.4 Å². The number of rotatable bonds is 9. The molecule has 1 aromatic carbocycles. The van der Waals surface area contributed by atoms with E-state index >= 15 is 0 Å². The van der Waals surface area contributed by atoms with Crippen molar-refractivity contribution in [3.63, 3.8) is 0 Å². The van der Waals surface area contributed by atoms with Crippen LogP contribution in [0.15, 0.2) is 18.2 Å². The van der Waals surface area contributed by atoms with Gasteiger partial charge in [0.15, 0.2) is 0 Å². The molecule has 0 aromatic heterocycles. The topological polar surface area (TPSA) is 44.8 Å². The van der Waals surface area contributed by atoms with E-state index in [0.717, 1.165) is 5.56 Å². The molecule has 0 aliphatic rings. The number of benzene rings is 1. The highest BCUT2D eigenvalue weighted by Gasteiger charge is 2.09. The average molecular weight is 287 g/mol. The fourth-order valence-electron chi connectivity index (χ4n) is 1.62. The molecule has 1 rings (SSSR count). The summed E-state index contributed by atoms with van der Waals surface area (Å²) in [6, 6.07) is 5.26. The van der Waals surface area contributed by atoms with Crippen molar-refractivity contribution in [1.29, 1.82) is 0 Å². The summed E-state index contributed by atoms with van der Waals surface area (Å²) in [7, 11) is 3.19. The molecule has 0 heterocycles. The van der Waals surface area contributed by atoms with Gasteiger partial charge >= 0.3 is 0 Å². The summed E-state index contributed by atoms with van der Waals surface area (Å²) in [6.07, 6.45) is 0.677. The lowest BCUT2D eigenvalue weighted by Gasteiger charge is -2.08. The molecule has 0 aliphatic carbocycles. The number of carbonyl (C=O) groups is 1. The van der Waals surface area contributed by atoms with Crippen LogP contribution in [0.5, 0.6) is 5.75 Å². The number of halogens is 1. The molecule has 0 bridgehead atoms. The third kappa shape index (κ3) is 6.05. The van der Waals surface area contributed by atoms with Crippen LogP contribution in [0.2, 0.25) is 5.02 Å². The molecule has 106 valence electrons. The fourth-order valence-corrected chi connectivity index (χ4v) is 1.81. The molecule has 0 saturated carbocycles. The largest absolute Gasteiger partial charge is 0.496 e. The Labute approximate surface area is 118 Å². The van der Waals surface area contributed by atoms with Gasteiger partial charge in [-0.2, -0.15) is 0 Å². The van der Waals surface area contributed by atoms with Gasteiger partial charge < -0.3 is 14.2 Å². The first-order valence-corrected chi connectivity index (χ1v) is 6.46. The smallest absolute Gasteiger partial charge is 0.139 e. The fraction of sp³-hybridized carbons (Fsp3) is 0.500. The summed E-state index contributed by atoms with van der Waals surface area (Å²) < 4.78 is 15.3. The van der Waals surface area contributed by atoms with Crippen LogP contribution in [0.3, 0.4) is 0 Å². The van der Waals surface area contributed by atoms with Crippen molar-refractivity contribution >= 4 is 17.4 Å². The van der Waals surface area contributed by atoms with E-state index in [9.17, 15) is 4.79 Å². The second-order valence-corrected chi connectivity index (χ2v) is 4.46. The average Bonchev–Trinajstić information content (AvgIpc) is 2.39. The number of carbonyl (C=O) groups excluding carboxylic acids is 1. The second-order valence-electron chi connectivity index (χ2n) is 4.03. The summed E-state index contributed by atoms with van der Waals surface area (Å²) in [5.74, 6) is 0.774. The lowest BCUT2D eigenvalue weighted by molar-refractivity contribution is -0.119. The monoisotopic (exact) mass is 286 g/mol. The Hall–Kier alpha value is -1.10. The number of methoxy groups -OCH3 is 2. The van der Waals surface area contributed by atoms with E-state index in [4.69, 9.17) is 25.8 Å². The molecule has 1 aromatic rings. The summed E-state index contributed by atoms with van der Waals surface area (Å²) in [5, 5.41) is 0.597. The molecule has 19 heavy (non-hydrogen) atoms. The van der Waals surface area contributed by atoms with Crippen molar-refractivity contribution in [2.45, 2.75) is 12.8 Å². The zero-order chi connectivity index (χ0) is 14.1. The van der Waals surface area contributed by atoms with Crippen LogP contribution in [0.1, 0.15) is 12.0 Å². The minimum Gasteiger partial charge on any atom is -0.496 e.